The van der Waals surface area contributed by atoms with Gasteiger partial charge >= 0.3 is 5.97 Å². The monoisotopic (exact) mass is 595 g/mol. The summed E-state index contributed by atoms with van der Waals surface area (Å²) in [6, 6.07) is 11.0. The molecule has 1 atom stereocenters. The van der Waals surface area contributed by atoms with Gasteiger partial charge in [0.2, 0.25) is 5.88 Å². The lowest BCUT2D eigenvalue weighted by atomic mass is 9.77. The van der Waals surface area contributed by atoms with Crippen LogP contribution in [0.25, 0.3) is 0 Å². The van der Waals surface area contributed by atoms with E-state index in [-0.39, 0.29) is 17.2 Å². The zero-order valence-electron chi connectivity index (χ0n) is 17.6. The van der Waals surface area contributed by atoms with Gasteiger partial charge in [0.05, 0.1) is 22.0 Å². The number of halogens is 3. The standard InChI is InChI=1S/C24H20Br2ClNO5/c1-31-24(30)21-19(20-17(29)3-2-4-18(20)33-23(21)28)13-9-15(25)22(16(26)10-13)32-11-12-5-7-14(27)8-6-12/h5-10,19H,2-4,11,28H2,1H3/t19-/m1/s1. The Kier molecular flexibility index (Phi) is 7.16. The minimum Gasteiger partial charge on any atom is -0.487 e. The van der Waals surface area contributed by atoms with Crippen LogP contribution in [0.3, 0.4) is 0 Å². The molecule has 0 fully saturated rings. The summed E-state index contributed by atoms with van der Waals surface area (Å²) in [6.07, 6.45) is 1.64. The van der Waals surface area contributed by atoms with E-state index in [4.69, 9.17) is 31.5 Å². The number of benzene rings is 2. The number of rotatable bonds is 5. The van der Waals surface area contributed by atoms with E-state index in [0.717, 1.165) is 5.56 Å². The molecule has 6 nitrogen and oxygen atoms in total. The highest BCUT2D eigenvalue weighted by atomic mass is 79.9. The number of ketones is 1. The molecule has 2 aliphatic rings. The summed E-state index contributed by atoms with van der Waals surface area (Å²) in [5.74, 6) is -0.357. The molecule has 1 heterocycles. The second-order valence-corrected chi connectivity index (χ2v) is 9.79. The molecular weight excluding hydrogens is 578 g/mol. The third-order valence-corrected chi connectivity index (χ3v) is 6.97. The molecule has 2 N–H and O–H groups in total. The largest absolute Gasteiger partial charge is 0.487 e. The van der Waals surface area contributed by atoms with Crippen molar-refractivity contribution in [2.45, 2.75) is 31.8 Å². The molecule has 1 aliphatic carbocycles. The molecule has 33 heavy (non-hydrogen) atoms. The first kappa shape index (κ1) is 23.9. The van der Waals surface area contributed by atoms with Crippen LogP contribution in [0.4, 0.5) is 0 Å². The zero-order chi connectivity index (χ0) is 23.7. The molecule has 2 aromatic rings. The van der Waals surface area contributed by atoms with E-state index in [9.17, 15) is 9.59 Å². The second-order valence-electron chi connectivity index (χ2n) is 7.65. The van der Waals surface area contributed by atoms with Crippen molar-refractivity contribution in [1.82, 2.24) is 0 Å². The van der Waals surface area contributed by atoms with E-state index >= 15 is 0 Å². The van der Waals surface area contributed by atoms with Crippen molar-refractivity contribution >= 4 is 55.2 Å². The van der Waals surface area contributed by atoms with Gasteiger partial charge in [0.15, 0.2) is 5.78 Å². The first-order valence-corrected chi connectivity index (χ1v) is 12.1. The summed E-state index contributed by atoms with van der Waals surface area (Å²) in [5, 5.41) is 0.654. The second kappa shape index (κ2) is 9.91. The summed E-state index contributed by atoms with van der Waals surface area (Å²) in [5.41, 5.74) is 8.32. The number of hydrogen-bond acceptors (Lipinski definition) is 6. The first-order chi connectivity index (χ1) is 15.8. The van der Waals surface area contributed by atoms with Crippen molar-refractivity contribution < 1.29 is 23.8 Å². The summed E-state index contributed by atoms with van der Waals surface area (Å²) in [7, 11) is 1.27. The van der Waals surface area contributed by atoms with Gasteiger partial charge in [-0.05, 0) is 73.7 Å². The Bertz CT molecular complexity index is 1170. The van der Waals surface area contributed by atoms with E-state index in [1.807, 2.05) is 24.3 Å². The van der Waals surface area contributed by atoms with Gasteiger partial charge in [-0.3, -0.25) is 4.79 Å². The SMILES string of the molecule is COC(=O)C1=C(N)OC2=C(C(=O)CCC2)[C@H]1c1cc(Br)c(OCc2ccc(Cl)cc2)c(Br)c1. The topological polar surface area (TPSA) is 87.9 Å². The Balaban J connectivity index is 1.73. The van der Waals surface area contributed by atoms with Gasteiger partial charge in [0.1, 0.15) is 23.7 Å². The quantitative estimate of drug-likeness (QED) is 0.432. The third kappa shape index (κ3) is 4.83. The van der Waals surface area contributed by atoms with Crippen LogP contribution in [0.1, 0.15) is 36.3 Å². The number of allylic oxidation sites excluding steroid dienone is 2. The fourth-order valence-corrected chi connectivity index (χ4v) is 5.60. The maximum atomic E-state index is 12.9. The minimum absolute atomic E-state index is 0.0457. The normalized spacial score (nSPS) is 18.1. The van der Waals surface area contributed by atoms with Crippen molar-refractivity contribution in [2.24, 2.45) is 5.73 Å². The van der Waals surface area contributed by atoms with E-state index in [1.54, 1.807) is 12.1 Å². The molecule has 172 valence electrons. The summed E-state index contributed by atoms with van der Waals surface area (Å²) in [6.45, 7) is 0.332. The molecule has 2 aromatic carbocycles. The van der Waals surface area contributed by atoms with E-state index < -0.39 is 11.9 Å². The smallest absolute Gasteiger partial charge is 0.340 e. The van der Waals surface area contributed by atoms with Crippen molar-refractivity contribution in [2.75, 3.05) is 7.11 Å². The van der Waals surface area contributed by atoms with Crippen LogP contribution in [0.5, 0.6) is 5.75 Å². The highest BCUT2D eigenvalue weighted by Gasteiger charge is 2.41. The average Bonchev–Trinajstić information content (AvgIpc) is 2.78. The first-order valence-electron chi connectivity index (χ1n) is 10.2. The Morgan fingerprint density at radius 2 is 1.85 bits per heavy atom. The number of ether oxygens (including phenoxy) is 3. The summed E-state index contributed by atoms with van der Waals surface area (Å²) < 4.78 is 18.0. The Hall–Kier alpha value is -2.29. The Labute approximate surface area is 213 Å². The van der Waals surface area contributed by atoms with Crippen molar-refractivity contribution in [3.05, 3.63) is 84.3 Å². The van der Waals surface area contributed by atoms with Crippen LogP contribution in [0.2, 0.25) is 5.02 Å². The van der Waals surface area contributed by atoms with Gasteiger partial charge in [-0.15, -0.1) is 0 Å². The van der Waals surface area contributed by atoms with E-state index in [1.165, 1.54) is 7.11 Å². The number of hydrogen-bond donors (Lipinski definition) is 1. The van der Waals surface area contributed by atoms with Gasteiger partial charge in [-0.1, -0.05) is 23.7 Å². The van der Waals surface area contributed by atoms with E-state index in [2.05, 4.69) is 31.9 Å². The molecule has 4 rings (SSSR count). The summed E-state index contributed by atoms with van der Waals surface area (Å²) in [4.78, 5) is 25.5. The molecule has 0 saturated carbocycles. The van der Waals surface area contributed by atoms with Crippen molar-refractivity contribution in [3.8, 4) is 5.75 Å². The maximum Gasteiger partial charge on any atom is 0.340 e. The average molecular weight is 598 g/mol. The number of carbonyl (C=O) groups excluding carboxylic acids is 2. The fourth-order valence-electron chi connectivity index (χ4n) is 4.02. The van der Waals surface area contributed by atoms with Gasteiger partial charge in [0.25, 0.3) is 0 Å². The minimum atomic E-state index is -0.702. The molecule has 0 amide bonds. The van der Waals surface area contributed by atoms with Gasteiger partial charge in [0, 0.05) is 23.4 Å². The van der Waals surface area contributed by atoms with Crippen LogP contribution >= 0.6 is 43.5 Å². The van der Waals surface area contributed by atoms with E-state index in [0.29, 0.717) is 62.5 Å². The molecule has 9 heteroatoms. The molecule has 0 saturated heterocycles. The highest BCUT2D eigenvalue weighted by molar-refractivity contribution is 9.11. The Morgan fingerprint density at radius 3 is 2.48 bits per heavy atom. The van der Waals surface area contributed by atoms with Crippen LogP contribution in [0, 0.1) is 0 Å². The van der Waals surface area contributed by atoms with Crippen molar-refractivity contribution in [3.63, 3.8) is 0 Å². The van der Waals surface area contributed by atoms with Crippen LogP contribution in [-0.4, -0.2) is 18.9 Å². The fraction of sp³-hybridized carbons (Fsp3) is 0.250. The lowest BCUT2D eigenvalue weighted by Gasteiger charge is -2.32. The predicted octanol–water partition coefficient (Wildman–Crippen LogP) is 5.91. The third-order valence-electron chi connectivity index (χ3n) is 5.54. The number of carbonyl (C=O) groups is 2. The zero-order valence-corrected chi connectivity index (χ0v) is 21.6. The molecule has 0 bridgehead atoms. The molecule has 0 radical (unpaired) electrons. The Morgan fingerprint density at radius 1 is 1.18 bits per heavy atom. The molecular formula is C24H20Br2ClNO5. The molecule has 1 aliphatic heterocycles. The lowest BCUT2D eigenvalue weighted by molar-refractivity contribution is -0.136. The van der Waals surface area contributed by atoms with Gasteiger partial charge in [-0.25, -0.2) is 4.79 Å². The number of Topliss-reactive ketones (excluding diaryl/α,β-unsaturated/α-hetero) is 1. The number of methoxy groups -OCH3 is 1. The van der Waals surface area contributed by atoms with Crippen molar-refractivity contribution in [1.29, 1.82) is 0 Å². The van der Waals surface area contributed by atoms with Gasteiger partial charge in [-0.2, -0.15) is 0 Å². The van der Waals surface area contributed by atoms with Crippen LogP contribution in [-0.2, 0) is 25.7 Å². The number of esters is 1. The van der Waals surface area contributed by atoms with Crippen LogP contribution in [0.15, 0.2) is 68.1 Å². The van der Waals surface area contributed by atoms with Gasteiger partial charge < -0.3 is 19.9 Å². The lowest BCUT2D eigenvalue weighted by Crippen LogP contribution is -2.31. The maximum absolute atomic E-state index is 12.9. The molecule has 0 aromatic heterocycles. The molecule has 0 unspecified atom stereocenters. The highest BCUT2D eigenvalue weighted by Crippen LogP contribution is 2.46. The number of nitrogens with two attached hydrogens (primary N) is 1. The molecule has 0 spiro atoms. The van der Waals surface area contributed by atoms with Crippen LogP contribution < -0.4 is 10.5 Å². The summed E-state index contributed by atoms with van der Waals surface area (Å²) >= 11 is 13.1. The predicted molar refractivity (Wildman–Crippen MR) is 131 cm³/mol.